The van der Waals surface area contributed by atoms with Gasteiger partial charge in [-0.25, -0.2) is 13.2 Å². The number of fused-ring (bicyclic) bond motifs is 1. The molecule has 3 rings (SSSR count). The van der Waals surface area contributed by atoms with Gasteiger partial charge in [-0.15, -0.1) is 0 Å². The highest BCUT2D eigenvalue weighted by molar-refractivity contribution is 7.92. The number of carbonyl (C=O) groups is 1. The summed E-state index contributed by atoms with van der Waals surface area (Å²) in [6.07, 6.45) is 0.703. The molecular weight excluding hydrogens is 342 g/mol. The minimum Gasteiger partial charge on any atom is -0.482 e. The Kier molecular flexibility index (Phi) is 4.67. The molecular formula is C18H19NO5S. The second kappa shape index (κ2) is 6.76. The van der Waals surface area contributed by atoms with Crippen molar-refractivity contribution in [3.05, 3.63) is 53.6 Å². The average molecular weight is 361 g/mol. The molecule has 2 aromatic rings. The molecule has 0 fully saturated rings. The molecule has 132 valence electrons. The van der Waals surface area contributed by atoms with Crippen LogP contribution in [0.25, 0.3) is 0 Å². The van der Waals surface area contributed by atoms with Gasteiger partial charge < -0.3 is 9.47 Å². The van der Waals surface area contributed by atoms with Gasteiger partial charge in [0.2, 0.25) is 0 Å². The van der Waals surface area contributed by atoms with Crippen LogP contribution in [0.5, 0.6) is 5.75 Å². The van der Waals surface area contributed by atoms with Crippen molar-refractivity contribution in [1.82, 2.24) is 0 Å². The van der Waals surface area contributed by atoms with Crippen LogP contribution in [0.4, 0.5) is 5.69 Å². The van der Waals surface area contributed by atoms with Crippen LogP contribution in [0.15, 0.2) is 47.4 Å². The number of aryl methyl sites for hydroxylation is 1. The van der Waals surface area contributed by atoms with Gasteiger partial charge in [-0.3, -0.25) is 4.31 Å². The Bertz CT molecular complexity index is 907. The Morgan fingerprint density at radius 1 is 1.20 bits per heavy atom. The molecule has 6 nitrogen and oxygen atoms in total. The van der Waals surface area contributed by atoms with Crippen LogP contribution in [0.2, 0.25) is 0 Å². The summed E-state index contributed by atoms with van der Waals surface area (Å²) in [4.78, 5) is 11.4. The largest absolute Gasteiger partial charge is 0.482 e. The van der Waals surface area contributed by atoms with E-state index < -0.39 is 16.0 Å². The maximum absolute atomic E-state index is 13.0. The lowest BCUT2D eigenvalue weighted by Crippen LogP contribution is -2.29. The number of para-hydroxylation sites is 1. The highest BCUT2D eigenvalue weighted by atomic mass is 32.2. The molecule has 0 bridgehead atoms. The molecule has 0 unspecified atom stereocenters. The third-order valence-corrected chi connectivity index (χ3v) is 5.96. The Morgan fingerprint density at radius 2 is 1.96 bits per heavy atom. The molecule has 0 spiro atoms. The lowest BCUT2D eigenvalue weighted by atomic mass is 10.2. The number of esters is 1. The summed E-state index contributed by atoms with van der Waals surface area (Å²) in [5, 5.41) is 0. The number of sulfonamides is 1. The second-order valence-corrected chi connectivity index (χ2v) is 7.61. The van der Waals surface area contributed by atoms with Crippen LogP contribution in [-0.2, 0) is 26.0 Å². The van der Waals surface area contributed by atoms with Crippen molar-refractivity contribution in [3.63, 3.8) is 0 Å². The zero-order valence-corrected chi connectivity index (χ0v) is 14.9. The third-order valence-electron chi connectivity index (χ3n) is 4.15. The summed E-state index contributed by atoms with van der Waals surface area (Å²) in [5.41, 5.74) is 2.39. The molecule has 0 aromatic heterocycles. The van der Waals surface area contributed by atoms with Crippen LogP contribution < -0.4 is 9.04 Å². The SMILES string of the molecule is COC(=O)COc1ccc(S(=O)(=O)N2CCc3ccccc32)cc1C. The number of carbonyl (C=O) groups excluding carboxylic acids is 1. The zero-order valence-electron chi connectivity index (χ0n) is 14.1. The third kappa shape index (κ3) is 3.32. The van der Waals surface area contributed by atoms with E-state index in [-0.39, 0.29) is 11.5 Å². The van der Waals surface area contributed by atoms with Gasteiger partial charge >= 0.3 is 5.97 Å². The highest BCUT2D eigenvalue weighted by Gasteiger charge is 2.30. The number of hydrogen-bond acceptors (Lipinski definition) is 5. The summed E-state index contributed by atoms with van der Waals surface area (Å²) in [5.74, 6) is -0.0454. The fraction of sp³-hybridized carbons (Fsp3) is 0.278. The van der Waals surface area contributed by atoms with E-state index in [2.05, 4.69) is 4.74 Å². The van der Waals surface area contributed by atoms with Gasteiger partial charge in [0.15, 0.2) is 6.61 Å². The fourth-order valence-electron chi connectivity index (χ4n) is 2.82. The number of methoxy groups -OCH3 is 1. The van der Waals surface area contributed by atoms with Crippen LogP contribution >= 0.6 is 0 Å². The van der Waals surface area contributed by atoms with E-state index in [9.17, 15) is 13.2 Å². The zero-order chi connectivity index (χ0) is 18.0. The Morgan fingerprint density at radius 3 is 2.68 bits per heavy atom. The van der Waals surface area contributed by atoms with E-state index in [1.807, 2.05) is 24.3 Å². The van der Waals surface area contributed by atoms with Crippen molar-refractivity contribution in [2.75, 3.05) is 24.6 Å². The smallest absolute Gasteiger partial charge is 0.343 e. The number of rotatable bonds is 5. The van der Waals surface area contributed by atoms with Gasteiger partial charge in [-0.05, 0) is 48.7 Å². The van der Waals surface area contributed by atoms with Gasteiger partial charge in [0.05, 0.1) is 17.7 Å². The molecule has 1 heterocycles. The molecule has 2 aromatic carbocycles. The first-order chi connectivity index (χ1) is 11.9. The fourth-order valence-corrected chi connectivity index (χ4v) is 4.41. The molecule has 0 saturated carbocycles. The second-order valence-electron chi connectivity index (χ2n) is 5.75. The standard InChI is InChI=1S/C18H19NO5S/c1-13-11-15(7-8-17(13)24-12-18(20)23-2)25(21,22)19-10-9-14-5-3-4-6-16(14)19/h3-8,11H,9-10,12H2,1-2H3. The molecule has 1 aliphatic heterocycles. The van der Waals surface area contributed by atoms with E-state index >= 15 is 0 Å². The number of ether oxygens (including phenoxy) is 2. The van der Waals surface area contributed by atoms with E-state index in [1.165, 1.54) is 17.5 Å². The lowest BCUT2D eigenvalue weighted by Gasteiger charge is -2.20. The number of benzene rings is 2. The van der Waals surface area contributed by atoms with Crippen molar-refractivity contribution in [2.45, 2.75) is 18.2 Å². The monoisotopic (exact) mass is 361 g/mol. The quantitative estimate of drug-likeness (QED) is 0.764. The van der Waals surface area contributed by atoms with Crippen molar-refractivity contribution in [3.8, 4) is 5.75 Å². The van der Waals surface area contributed by atoms with E-state index in [4.69, 9.17) is 4.74 Å². The van der Waals surface area contributed by atoms with Crippen LogP contribution in [0.1, 0.15) is 11.1 Å². The predicted molar refractivity (Wildman–Crippen MR) is 93.4 cm³/mol. The maximum Gasteiger partial charge on any atom is 0.343 e. The first kappa shape index (κ1) is 17.3. The minimum absolute atomic E-state index is 0.201. The summed E-state index contributed by atoms with van der Waals surface area (Å²) < 4.78 is 37.3. The van der Waals surface area contributed by atoms with Crippen LogP contribution in [-0.4, -0.2) is 34.6 Å². The van der Waals surface area contributed by atoms with Crippen molar-refractivity contribution in [1.29, 1.82) is 0 Å². The molecule has 7 heteroatoms. The molecule has 0 aliphatic carbocycles. The van der Waals surface area contributed by atoms with Gasteiger partial charge in [-0.1, -0.05) is 18.2 Å². The predicted octanol–water partition coefficient (Wildman–Crippen LogP) is 2.30. The Balaban J connectivity index is 1.86. The molecule has 0 atom stereocenters. The van der Waals surface area contributed by atoms with Crippen molar-refractivity contribution < 1.29 is 22.7 Å². The highest BCUT2D eigenvalue weighted by Crippen LogP contribution is 2.33. The first-order valence-electron chi connectivity index (χ1n) is 7.84. The minimum atomic E-state index is -3.64. The molecule has 0 N–H and O–H groups in total. The topological polar surface area (TPSA) is 72.9 Å². The first-order valence-corrected chi connectivity index (χ1v) is 9.28. The maximum atomic E-state index is 13.0. The number of hydrogen-bond donors (Lipinski definition) is 0. The van der Waals surface area contributed by atoms with Gasteiger partial charge in [-0.2, -0.15) is 0 Å². The number of nitrogens with zero attached hydrogens (tertiary/aromatic N) is 1. The average Bonchev–Trinajstić information content (AvgIpc) is 3.05. The summed E-state index contributed by atoms with van der Waals surface area (Å²) in [6, 6.07) is 12.1. The molecule has 0 amide bonds. The summed E-state index contributed by atoms with van der Waals surface area (Å²) in [7, 11) is -2.36. The van der Waals surface area contributed by atoms with Gasteiger partial charge in [0.25, 0.3) is 10.0 Å². The van der Waals surface area contributed by atoms with Crippen LogP contribution in [0.3, 0.4) is 0 Å². The number of anilines is 1. The van der Waals surface area contributed by atoms with Crippen molar-refractivity contribution in [2.24, 2.45) is 0 Å². The molecule has 0 saturated heterocycles. The van der Waals surface area contributed by atoms with Crippen LogP contribution in [0, 0.1) is 6.92 Å². The molecule has 1 aliphatic rings. The summed E-state index contributed by atoms with van der Waals surface area (Å²) >= 11 is 0. The van der Waals surface area contributed by atoms with Gasteiger partial charge in [0.1, 0.15) is 5.75 Å². The summed E-state index contributed by atoms with van der Waals surface area (Å²) in [6.45, 7) is 1.95. The van der Waals surface area contributed by atoms with E-state index in [0.717, 1.165) is 11.3 Å². The normalized spacial score (nSPS) is 13.4. The lowest BCUT2D eigenvalue weighted by molar-refractivity contribution is -0.142. The van der Waals surface area contributed by atoms with Gasteiger partial charge in [0, 0.05) is 6.54 Å². The molecule has 0 radical (unpaired) electrons. The Hall–Kier alpha value is -2.54. The van der Waals surface area contributed by atoms with E-state index in [1.54, 1.807) is 19.1 Å². The molecule has 25 heavy (non-hydrogen) atoms. The van der Waals surface area contributed by atoms with Crippen molar-refractivity contribution >= 4 is 21.7 Å². The Labute approximate surface area is 147 Å². The van der Waals surface area contributed by atoms with E-state index in [0.29, 0.717) is 24.3 Å².